The summed E-state index contributed by atoms with van der Waals surface area (Å²) in [4.78, 5) is 21.1. The summed E-state index contributed by atoms with van der Waals surface area (Å²) in [5.41, 5.74) is 4.62. The Morgan fingerprint density at radius 2 is 1.42 bits per heavy atom. The Morgan fingerprint density at radius 1 is 0.692 bits per heavy atom. The molecule has 0 radical (unpaired) electrons. The van der Waals surface area contributed by atoms with E-state index in [1.54, 1.807) is 12.4 Å². The van der Waals surface area contributed by atoms with Crippen molar-refractivity contribution in [2.75, 3.05) is 0 Å². The van der Waals surface area contributed by atoms with Crippen LogP contribution in [-0.4, -0.2) is 15.8 Å². The van der Waals surface area contributed by atoms with E-state index in [2.05, 4.69) is 21.8 Å². The van der Waals surface area contributed by atoms with E-state index in [9.17, 15) is 4.79 Å². The van der Waals surface area contributed by atoms with Crippen molar-refractivity contribution in [3.05, 3.63) is 107 Å². The second kappa shape index (κ2) is 7.00. The van der Waals surface area contributed by atoms with Crippen molar-refractivity contribution in [1.82, 2.24) is 9.97 Å². The van der Waals surface area contributed by atoms with Crippen LogP contribution in [0, 0.1) is 11.8 Å². The van der Waals surface area contributed by atoms with Gasteiger partial charge in [0.1, 0.15) is 5.52 Å². The Kier molecular flexibility index (Phi) is 4.24. The quantitative estimate of drug-likeness (QED) is 0.406. The largest absolute Gasteiger partial charge is 0.289 e. The highest BCUT2D eigenvalue weighted by Gasteiger charge is 2.07. The summed E-state index contributed by atoms with van der Waals surface area (Å²) in [7, 11) is 0. The summed E-state index contributed by atoms with van der Waals surface area (Å²) in [6.45, 7) is 0. The third kappa shape index (κ3) is 3.22. The first-order chi connectivity index (χ1) is 12.8. The molecule has 0 aliphatic carbocycles. The van der Waals surface area contributed by atoms with Crippen molar-refractivity contribution in [3.8, 4) is 11.8 Å². The van der Waals surface area contributed by atoms with Gasteiger partial charge in [-0.15, -0.1) is 0 Å². The Bertz CT molecular complexity index is 1130. The minimum atomic E-state index is 0.00874. The van der Waals surface area contributed by atoms with Gasteiger partial charge in [0, 0.05) is 29.1 Å². The fourth-order valence-electron chi connectivity index (χ4n) is 2.69. The van der Waals surface area contributed by atoms with Gasteiger partial charge in [0.05, 0.1) is 11.1 Å². The summed E-state index contributed by atoms with van der Waals surface area (Å²) in [6, 6.07) is 22.4. The molecule has 0 bridgehead atoms. The van der Waals surface area contributed by atoms with Gasteiger partial charge in [-0.05, 0) is 36.4 Å². The number of nitrogens with zero attached hydrogens (tertiary/aromatic N) is 2. The molecule has 0 saturated heterocycles. The molecule has 4 aromatic rings. The fourth-order valence-corrected chi connectivity index (χ4v) is 2.69. The third-order valence-corrected chi connectivity index (χ3v) is 4.02. The smallest absolute Gasteiger partial charge is 0.193 e. The van der Waals surface area contributed by atoms with Crippen LogP contribution in [0.4, 0.5) is 0 Å². The highest BCUT2D eigenvalue weighted by atomic mass is 16.1. The number of hydrogen-bond donors (Lipinski definition) is 0. The molecule has 3 aromatic carbocycles. The van der Waals surface area contributed by atoms with E-state index >= 15 is 0 Å². The normalized spacial score (nSPS) is 10.2. The van der Waals surface area contributed by atoms with Crippen LogP contribution in [0.1, 0.15) is 27.0 Å². The average Bonchev–Trinajstić information content (AvgIpc) is 2.73. The standard InChI is InChI=1S/C23H14N2O/c26-23(19-5-2-1-3-6-19)20-13-10-17(11-14-20)9-12-18-7-4-8-21-22(18)25-16-15-24-21/h1-8,10-11,13-16H. The van der Waals surface area contributed by atoms with E-state index in [0.717, 1.165) is 22.2 Å². The predicted octanol–water partition coefficient (Wildman–Crippen LogP) is 4.26. The molecule has 0 amide bonds. The van der Waals surface area contributed by atoms with Crippen molar-refractivity contribution in [3.63, 3.8) is 0 Å². The van der Waals surface area contributed by atoms with Gasteiger partial charge in [-0.25, -0.2) is 0 Å². The van der Waals surface area contributed by atoms with Crippen LogP contribution in [0.15, 0.2) is 85.2 Å². The Labute approximate surface area is 151 Å². The summed E-state index contributed by atoms with van der Waals surface area (Å²) >= 11 is 0. The number of carbonyl (C=O) groups excluding carboxylic acids is 1. The Balaban J connectivity index is 1.61. The molecular formula is C23H14N2O. The van der Waals surface area contributed by atoms with Gasteiger partial charge in [0.2, 0.25) is 0 Å². The summed E-state index contributed by atoms with van der Waals surface area (Å²) in [6.07, 6.45) is 3.33. The molecule has 4 rings (SSSR count). The molecule has 0 saturated carbocycles. The maximum absolute atomic E-state index is 12.4. The molecule has 0 aliphatic heterocycles. The van der Waals surface area contributed by atoms with Crippen LogP contribution < -0.4 is 0 Å². The van der Waals surface area contributed by atoms with Gasteiger partial charge in [-0.3, -0.25) is 14.8 Å². The first kappa shape index (κ1) is 15.7. The van der Waals surface area contributed by atoms with Gasteiger partial charge in [0.25, 0.3) is 0 Å². The number of hydrogen-bond acceptors (Lipinski definition) is 3. The fraction of sp³-hybridized carbons (Fsp3) is 0. The molecule has 26 heavy (non-hydrogen) atoms. The lowest BCUT2D eigenvalue weighted by Gasteiger charge is -2.01. The molecule has 122 valence electrons. The molecule has 3 nitrogen and oxygen atoms in total. The number of aromatic nitrogens is 2. The Morgan fingerprint density at radius 3 is 2.23 bits per heavy atom. The minimum Gasteiger partial charge on any atom is -0.289 e. The molecule has 0 atom stereocenters. The van der Waals surface area contributed by atoms with Gasteiger partial charge in [-0.2, -0.15) is 0 Å². The monoisotopic (exact) mass is 334 g/mol. The number of para-hydroxylation sites is 1. The van der Waals surface area contributed by atoms with Crippen LogP contribution in [0.25, 0.3) is 11.0 Å². The van der Waals surface area contributed by atoms with E-state index in [1.165, 1.54) is 0 Å². The average molecular weight is 334 g/mol. The zero-order valence-corrected chi connectivity index (χ0v) is 13.9. The maximum Gasteiger partial charge on any atom is 0.193 e. The molecule has 0 spiro atoms. The number of ketones is 1. The van der Waals surface area contributed by atoms with Crippen LogP contribution in [-0.2, 0) is 0 Å². The predicted molar refractivity (Wildman–Crippen MR) is 102 cm³/mol. The lowest BCUT2D eigenvalue weighted by atomic mass is 10.0. The lowest BCUT2D eigenvalue weighted by molar-refractivity contribution is 0.103. The molecule has 0 fully saturated rings. The molecule has 0 aliphatic rings. The molecule has 1 aromatic heterocycles. The maximum atomic E-state index is 12.4. The van der Waals surface area contributed by atoms with E-state index in [-0.39, 0.29) is 5.78 Å². The molecular weight excluding hydrogens is 320 g/mol. The van der Waals surface area contributed by atoms with Crippen molar-refractivity contribution in [2.24, 2.45) is 0 Å². The van der Waals surface area contributed by atoms with Crippen molar-refractivity contribution < 1.29 is 4.79 Å². The van der Waals surface area contributed by atoms with Crippen LogP contribution >= 0.6 is 0 Å². The molecule has 0 unspecified atom stereocenters. The van der Waals surface area contributed by atoms with E-state index < -0.39 is 0 Å². The number of fused-ring (bicyclic) bond motifs is 1. The second-order valence-corrected chi connectivity index (χ2v) is 5.75. The summed E-state index contributed by atoms with van der Waals surface area (Å²) in [5, 5.41) is 0. The highest BCUT2D eigenvalue weighted by molar-refractivity contribution is 6.08. The third-order valence-electron chi connectivity index (χ3n) is 4.02. The van der Waals surface area contributed by atoms with E-state index in [1.807, 2.05) is 72.8 Å². The molecule has 1 heterocycles. The van der Waals surface area contributed by atoms with Crippen LogP contribution in [0.2, 0.25) is 0 Å². The summed E-state index contributed by atoms with van der Waals surface area (Å²) < 4.78 is 0. The van der Waals surface area contributed by atoms with Crippen molar-refractivity contribution in [1.29, 1.82) is 0 Å². The van der Waals surface area contributed by atoms with Crippen molar-refractivity contribution in [2.45, 2.75) is 0 Å². The van der Waals surface area contributed by atoms with Crippen molar-refractivity contribution >= 4 is 16.8 Å². The second-order valence-electron chi connectivity index (χ2n) is 5.75. The van der Waals surface area contributed by atoms with Gasteiger partial charge in [-0.1, -0.05) is 48.2 Å². The SMILES string of the molecule is O=C(c1ccccc1)c1ccc(C#Cc2cccc3nccnc23)cc1. The zero-order valence-electron chi connectivity index (χ0n) is 13.9. The van der Waals surface area contributed by atoms with Gasteiger partial charge in [0.15, 0.2) is 5.78 Å². The number of carbonyl (C=O) groups is 1. The number of benzene rings is 3. The van der Waals surface area contributed by atoms with Gasteiger partial charge >= 0.3 is 0 Å². The topological polar surface area (TPSA) is 42.9 Å². The summed E-state index contributed by atoms with van der Waals surface area (Å²) in [5.74, 6) is 6.29. The first-order valence-corrected chi connectivity index (χ1v) is 8.23. The molecule has 0 N–H and O–H groups in total. The highest BCUT2D eigenvalue weighted by Crippen LogP contribution is 2.14. The number of rotatable bonds is 2. The van der Waals surface area contributed by atoms with E-state index in [4.69, 9.17) is 0 Å². The Hall–Kier alpha value is -3.77. The van der Waals surface area contributed by atoms with Gasteiger partial charge < -0.3 is 0 Å². The molecule has 3 heteroatoms. The van der Waals surface area contributed by atoms with Crippen LogP contribution in [0.5, 0.6) is 0 Å². The van der Waals surface area contributed by atoms with E-state index in [0.29, 0.717) is 11.1 Å². The first-order valence-electron chi connectivity index (χ1n) is 8.23. The van der Waals surface area contributed by atoms with Crippen LogP contribution in [0.3, 0.4) is 0 Å². The minimum absolute atomic E-state index is 0.00874. The lowest BCUT2D eigenvalue weighted by Crippen LogP contribution is -2.00. The zero-order chi connectivity index (χ0) is 17.8.